The van der Waals surface area contributed by atoms with Crippen LogP contribution in [0, 0.1) is 30.1 Å². The van der Waals surface area contributed by atoms with Crippen molar-refractivity contribution < 1.29 is 0 Å². The van der Waals surface area contributed by atoms with Gasteiger partial charge in [0.1, 0.15) is 0 Å². The molecule has 8 heavy (non-hydrogen) atoms. The van der Waals surface area contributed by atoms with Crippen LogP contribution < -0.4 is 0 Å². The Kier molecular flexibility index (Phi) is 0.482. The molecule has 0 aromatic heterocycles. The van der Waals surface area contributed by atoms with Crippen molar-refractivity contribution in [3.05, 3.63) is 6.42 Å². The van der Waals surface area contributed by atoms with Gasteiger partial charge in [-0.25, -0.2) is 0 Å². The van der Waals surface area contributed by atoms with Crippen molar-refractivity contribution in [2.24, 2.45) is 23.7 Å². The zero-order valence-corrected chi connectivity index (χ0v) is 5.01. The van der Waals surface area contributed by atoms with E-state index in [0.717, 1.165) is 11.8 Å². The highest BCUT2D eigenvalue weighted by atomic mass is 14.6. The Balaban J connectivity index is 2.02. The molecule has 3 rings (SSSR count). The average molecular weight is 107 g/mol. The molecule has 43 valence electrons. The van der Waals surface area contributed by atoms with Crippen LogP contribution in [0.2, 0.25) is 0 Å². The fraction of sp³-hybridized carbons (Fsp3) is 0.875. The Hall–Kier alpha value is 0. The Morgan fingerprint density at radius 1 is 1.12 bits per heavy atom. The van der Waals surface area contributed by atoms with Gasteiger partial charge in [0, 0.05) is 0 Å². The van der Waals surface area contributed by atoms with E-state index in [1.165, 1.54) is 18.3 Å². The van der Waals surface area contributed by atoms with Crippen molar-refractivity contribution >= 4 is 0 Å². The summed E-state index contributed by atoms with van der Waals surface area (Å²) >= 11 is 0. The average Bonchev–Trinajstić information content (AvgIpc) is 2.39. The van der Waals surface area contributed by atoms with Gasteiger partial charge in [-0.3, -0.25) is 0 Å². The highest BCUT2D eigenvalue weighted by Crippen LogP contribution is 2.65. The van der Waals surface area contributed by atoms with Crippen molar-refractivity contribution in [1.29, 1.82) is 0 Å². The van der Waals surface area contributed by atoms with E-state index in [1.807, 2.05) is 0 Å². The van der Waals surface area contributed by atoms with Gasteiger partial charge in [0.25, 0.3) is 0 Å². The van der Waals surface area contributed by atoms with Gasteiger partial charge in [-0.2, -0.15) is 0 Å². The van der Waals surface area contributed by atoms with Crippen molar-refractivity contribution in [1.82, 2.24) is 0 Å². The van der Waals surface area contributed by atoms with Crippen LogP contribution in [0.3, 0.4) is 0 Å². The molecule has 0 nitrogen and oxygen atoms in total. The Bertz CT molecular complexity index is 114. The molecular formula is C8H11. The van der Waals surface area contributed by atoms with E-state index in [0.29, 0.717) is 0 Å². The van der Waals surface area contributed by atoms with Gasteiger partial charge in [0.15, 0.2) is 0 Å². The molecule has 3 fully saturated rings. The first-order chi connectivity index (χ1) is 3.95. The Morgan fingerprint density at radius 2 is 2.12 bits per heavy atom. The summed E-state index contributed by atoms with van der Waals surface area (Å²) in [4.78, 5) is 0. The molecule has 3 aliphatic carbocycles. The normalized spacial score (nSPS) is 66.0. The minimum atomic E-state index is 1.09. The first kappa shape index (κ1) is 3.92. The fourth-order valence-electron chi connectivity index (χ4n) is 2.86. The molecule has 3 saturated carbocycles. The highest BCUT2D eigenvalue weighted by Gasteiger charge is 2.57. The van der Waals surface area contributed by atoms with Crippen LogP contribution in [-0.4, -0.2) is 0 Å². The number of hydrogen-bond acceptors (Lipinski definition) is 0. The van der Waals surface area contributed by atoms with E-state index in [4.69, 9.17) is 0 Å². The first-order valence-electron chi connectivity index (χ1n) is 3.78. The van der Waals surface area contributed by atoms with Crippen LogP contribution in [0.4, 0.5) is 0 Å². The van der Waals surface area contributed by atoms with E-state index < -0.39 is 0 Å². The molecule has 0 N–H and O–H groups in total. The fourth-order valence-corrected chi connectivity index (χ4v) is 2.86. The maximum atomic E-state index is 2.57. The zero-order valence-electron chi connectivity index (χ0n) is 5.01. The number of rotatable bonds is 0. The van der Waals surface area contributed by atoms with Gasteiger partial charge in [-0.1, -0.05) is 0 Å². The third-order valence-corrected chi connectivity index (χ3v) is 3.36. The van der Waals surface area contributed by atoms with Crippen molar-refractivity contribution in [2.45, 2.75) is 19.3 Å². The Labute approximate surface area is 50.3 Å². The first-order valence-corrected chi connectivity index (χ1v) is 3.78. The minimum Gasteiger partial charge on any atom is -0.0468 e. The van der Waals surface area contributed by atoms with Crippen LogP contribution in [0.1, 0.15) is 19.3 Å². The summed E-state index contributed by atoms with van der Waals surface area (Å²) in [7, 11) is 0. The van der Waals surface area contributed by atoms with E-state index in [9.17, 15) is 0 Å². The van der Waals surface area contributed by atoms with E-state index in [1.54, 1.807) is 12.8 Å². The molecule has 0 spiro atoms. The summed E-state index contributed by atoms with van der Waals surface area (Å²) in [6.07, 6.45) is 7.19. The Morgan fingerprint density at radius 3 is 2.62 bits per heavy atom. The predicted molar refractivity (Wildman–Crippen MR) is 32.1 cm³/mol. The summed E-state index contributed by atoms with van der Waals surface area (Å²) < 4.78 is 0. The summed E-state index contributed by atoms with van der Waals surface area (Å²) in [6.45, 7) is 0. The topological polar surface area (TPSA) is 0 Å². The monoisotopic (exact) mass is 107 g/mol. The van der Waals surface area contributed by atoms with Gasteiger partial charge in [0.2, 0.25) is 0 Å². The van der Waals surface area contributed by atoms with Crippen molar-refractivity contribution in [3.63, 3.8) is 0 Å². The third kappa shape index (κ3) is 0.284. The molecule has 0 amide bonds. The molecule has 0 heterocycles. The summed E-state index contributed by atoms with van der Waals surface area (Å²) in [5.41, 5.74) is 0. The van der Waals surface area contributed by atoms with E-state index in [2.05, 4.69) is 6.42 Å². The second-order valence-electron chi connectivity index (χ2n) is 3.69. The quantitative estimate of drug-likeness (QED) is 0.443. The number of hydrogen-bond donors (Lipinski definition) is 0. The molecular weight excluding hydrogens is 96.1 g/mol. The van der Waals surface area contributed by atoms with Gasteiger partial charge in [-0.05, 0) is 49.4 Å². The predicted octanol–water partition coefficient (Wildman–Crippen LogP) is 1.87. The maximum absolute atomic E-state index is 2.57. The lowest BCUT2D eigenvalue weighted by Crippen LogP contribution is -1.96. The van der Waals surface area contributed by atoms with Crippen LogP contribution in [-0.2, 0) is 0 Å². The standard InChI is InChI=1S/C8H11/c1-2-6-3-5(1)7-4-8(6)7/h1,5-8H,2-4H2. The van der Waals surface area contributed by atoms with Crippen LogP contribution in [0.15, 0.2) is 0 Å². The molecule has 1 radical (unpaired) electrons. The third-order valence-electron chi connectivity index (χ3n) is 3.36. The van der Waals surface area contributed by atoms with Gasteiger partial charge in [0.05, 0.1) is 0 Å². The molecule has 3 aliphatic rings. The second-order valence-corrected chi connectivity index (χ2v) is 3.69. The van der Waals surface area contributed by atoms with E-state index >= 15 is 0 Å². The summed E-state index contributed by atoms with van der Waals surface area (Å²) in [5.74, 6) is 4.65. The summed E-state index contributed by atoms with van der Waals surface area (Å²) in [6, 6.07) is 0. The number of fused-ring (bicyclic) bond motifs is 5. The molecule has 0 aromatic rings. The lowest BCUT2D eigenvalue weighted by Gasteiger charge is -2.04. The van der Waals surface area contributed by atoms with Gasteiger partial charge in [-0.15, -0.1) is 0 Å². The minimum absolute atomic E-state index is 1.09. The second kappa shape index (κ2) is 0.984. The largest absolute Gasteiger partial charge is 0.0468 e. The molecule has 0 aliphatic heterocycles. The van der Waals surface area contributed by atoms with Crippen molar-refractivity contribution in [3.8, 4) is 0 Å². The molecule has 0 heteroatoms. The highest BCUT2D eigenvalue weighted by molar-refractivity contribution is 5.12. The van der Waals surface area contributed by atoms with Crippen molar-refractivity contribution in [2.75, 3.05) is 0 Å². The molecule has 4 unspecified atom stereocenters. The summed E-state index contributed by atoms with van der Waals surface area (Å²) in [5, 5.41) is 0. The van der Waals surface area contributed by atoms with Gasteiger partial charge >= 0.3 is 0 Å². The molecule has 0 aromatic carbocycles. The molecule has 0 saturated heterocycles. The van der Waals surface area contributed by atoms with Crippen LogP contribution in [0.25, 0.3) is 0 Å². The molecule has 4 atom stereocenters. The van der Waals surface area contributed by atoms with Crippen LogP contribution >= 0.6 is 0 Å². The lowest BCUT2D eigenvalue weighted by molar-refractivity contribution is 0.513. The SMILES string of the molecule is [CH]1CC2CC1C1CC21. The smallest absolute Gasteiger partial charge is 0.0349 e. The van der Waals surface area contributed by atoms with Gasteiger partial charge < -0.3 is 0 Å². The van der Waals surface area contributed by atoms with Crippen LogP contribution in [0.5, 0.6) is 0 Å². The maximum Gasteiger partial charge on any atom is -0.0349 e. The molecule has 2 bridgehead atoms. The van der Waals surface area contributed by atoms with E-state index in [-0.39, 0.29) is 0 Å². The lowest BCUT2D eigenvalue weighted by atomic mass is 10.0. The zero-order chi connectivity index (χ0) is 5.14.